The summed E-state index contributed by atoms with van der Waals surface area (Å²) in [5.41, 5.74) is 6.62. The number of rotatable bonds is 0. The van der Waals surface area contributed by atoms with Crippen LogP contribution >= 0.6 is 0 Å². The van der Waals surface area contributed by atoms with Crippen LogP contribution in [-0.2, 0) is 0 Å². The average molecular weight is 930 g/mol. The number of aryl methyl sites for hydroxylation is 5. The Morgan fingerprint density at radius 1 is 0.364 bits per heavy atom. The normalized spacial score (nSPS) is 21.8. The van der Waals surface area contributed by atoms with Crippen LogP contribution in [0.15, 0.2) is 78.4 Å². The molecule has 388 valence electrons. The van der Waals surface area contributed by atoms with Crippen LogP contribution in [0.2, 0.25) is 0 Å². The molecule has 0 spiro atoms. The van der Waals surface area contributed by atoms with Crippen LogP contribution in [0, 0.1) is 100 Å². The van der Waals surface area contributed by atoms with E-state index in [9.17, 15) is 13.2 Å². The van der Waals surface area contributed by atoms with E-state index in [1.54, 1.807) is 25.5 Å². The van der Waals surface area contributed by atoms with Crippen LogP contribution in [0.4, 0.5) is 13.2 Å². The average Bonchev–Trinajstić information content (AvgIpc) is 3.19. The lowest BCUT2D eigenvalue weighted by atomic mass is 9.84. The number of hydrogen-bond acceptors (Lipinski definition) is 0. The molecule has 4 aliphatic carbocycles. The minimum atomic E-state index is -0.475. The predicted molar refractivity (Wildman–Crippen MR) is 302 cm³/mol. The minimum absolute atomic E-state index is 0. The molecule has 0 N–H and O–H groups in total. The molecule has 3 heteroatoms. The predicted octanol–water partition coefficient (Wildman–Crippen LogP) is 22.8. The summed E-state index contributed by atoms with van der Waals surface area (Å²) in [6.45, 7) is 29.5. The van der Waals surface area contributed by atoms with Gasteiger partial charge in [0.25, 0.3) is 0 Å². The highest BCUT2D eigenvalue weighted by molar-refractivity contribution is 5.24. The Morgan fingerprint density at radius 3 is 0.939 bits per heavy atom. The van der Waals surface area contributed by atoms with Gasteiger partial charge in [-0.15, -0.1) is 0 Å². The highest BCUT2D eigenvalue weighted by Crippen LogP contribution is 2.28. The molecule has 0 radical (unpaired) electrons. The van der Waals surface area contributed by atoms with Gasteiger partial charge in [0, 0.05) is 5.56 Å². The summed E-state index contributed by atoms with van der Waals surface area (Å²) in [6.07, 6.45) is 25.6. The van der Waals surface area contributed by atoms with Crippen LogP contribution in [-0.4, -0.2) is 0 Å². The first kappa shape index (κ1) is 77.2. The second kappa shape index (κ2) is 43.2. The van der Waals surface area contributed by atoms with Crippen molar-refractivity contribution in [1.82, 2.24) is 0 Å². The van der Waals surface area contributed by atoms with Gasteiger partial charge in [-0.05, 0) is 157 Å². The fourth-order valence-corrected chi connectivity index (χ4v) is 7.15. The molecular formula is C63H115F3. The van der Waals surface area contributed by atoms with Gasteiger partial charge in [0.05, 0.1) is 0 Å². The zero-order valence-corrected chi connectivity index (χ0v) is 40.3. The number of hydrogen-bond donors (Lipinski definition) is 0. The lowest BCUT2D eigenvalue weighted by Gasteiger charge is -2.22. The molecule has 0 saturated heterocycles. The van der Waals surface area contributed by atoms with E-state index in [-0.39, 0.29) is 63.4 Å². The first-order valence-electron chi connectivity index (χ1n) is 23.3. The maximum atomic E-state index is 12.6. The van der Waals surface area contributed by atoms with Crippen molar-refractivity contribution in [3.8, 4) is 0 Å². The van der Waals surface area contributed by atoms with E-state index < -0.39 is 11.6 Å². The molecule has 7 rings (SSSR count). The summed E-state index contributed by atoms with van der Waals surface area (Å²) in [5.74, 6) is 5.64. The van der Waals surface area contributed by atoms with Crippen LogP contribution in [0.5, 0.6) is 0 Å². The second-order valence-corrected chi connectivity index (χ2v) is 19.3. The Kier molecular flexibility index (Phi) is 50.5. The van der Waals surface area contributed by atoms with Crippen molar-refractivity contribution in [3.63, 3.8) is 0 Å². The van der Waals surface area contributed by atoms with Gasteiger partial charge in [-0.3, -0.25) is 0 Å². The molecule has 2 saturated carbocycles. The Morgan fingerprint density at radius 2 is 0.682 bits per heavy atom. The highest BCUT2D eigenvalue weighted by atomic mass is 19.1. The van der Waals surface area contributed by atoms with Gasteiger partial charge in [-0.2, -0.15) is 0 Å². The first-order valence-corrected chi connectivity index (χ1v) is 23.3. The minimum Gasteiger partial charge on any atom is -0.207 e. The van der Waals surface area contributed by atoms with E-state index in [1.807, 2.05) is 13.0 Å². The fraction of sp³-hybridized carbons (Fsp3) is 0.651. The molecule has 3 atom stereocenters. The van der Waals surface area contributed by atoms with Crippen molar-refractivity contribution < 1.29 is 13.2 Å². The van der Waals surface area contributed by atoms with E-state index in [4.69, 9.17) is 0 Å². The van der Waals surface area contributed by atoms with Gasteiger partial charge in [-0.25, -0.2) is 13.2 Å². The molecule has 0 aromatic heterocycles. The highest BCUT2D eigenvalue weighted by Gasteiger charge is 2.14. The fourth-order valence-electron chi connectivity index (χ4n) is 7.15. The third-order valence-corrected chi connectivity index (χ3v) is 12.3. The molecule has 3 unspecified atom stereocenters. The number of benzene rings is 3. The molecule has 0 aliphatic heterocycles. The quantitative estimate of drug-likeness (QED) is 0.197. The van der Waals surface area contributed by atoms with E-state index in [0.29, 0.717) is 11.1 Å². The molecule has 3 aromatic rings. The van der Waals surface area contributed by atoms with E-state index in [2.05, 4.69) is 112 Å². The third-order valence-electron chi connectivity index (χ3n) is 12.3. The van der Waals surface area contributed by atoms with Crippen LogP contribution in [0.1, 0.15) is 224 Å². The smallest absolute Gasteiger partial charge is 0.129 e. The number of allylic oxidation sites excluding steroid dienone is 4. The van der Waals surface area contributed by atoms with Gasteiger partial charge in [0.2, 0.25) is 0 Å². The molecule has 0 amide bonds. The van der Waals surface area contributed by atoms with Crippen molar-refractivity contribution in [2.45, 2.75) is 232 Å². The molecule has 2 fully saturated rings. The summed E-state index contributed by atoms with van der Waals surface area (Å²) in [7, 11) is 0. The Hall–Kier alpha value is -3.07. The molecule has 4 aliphatic rings. The van der Waals surface area contributed by atoms with Crippen molar-refractivity contribution in [3.05, 3.63) is 129 Å². The Balaban J connectivity index is -0.000000121. The van der Waals surface area contributed by atoms with E-state index >= 15 is 0 Å². The maximum absolute atomic E-state index is 12.6. The van der Waals surface area contributed by atoms with Crippen LogP contribution in [0.25, 0.3) is 0 Å². The first-order chi connectivity index (χ1) is 27.7. The van der Waals surface area contributed by atoms with Gasteiger partial charge in [0.15, 0.2) is 0 Å². The summed E-state index contributed by atoms with van der Waals surface area (Å²) < 4.78 is 37.8. The second-order valence-electron chi connectivity index (χ2n) is 19.3. The molecule has 0 bridgehead atoms. The molecule has 66 heavy (non-hydrogen) atoms. The van der Waals surface area contributed by atoms with E-state index in [0.717, 1.165) is 47.0 Å². The van der Waals surface area contributed by atoms with Crippen molar-refractivity contribution in [2.75, 3.05) is 0 Å². The van der Waals surface area contributed by atoms with Crippen molar-refractivity contribution in [2.24, 2.45) is 41.4 Å². The standard InChI is InChI=1S/C8H8F2.C8H9F.2C8H16.2C8H14.C8H10.7CH4/c1-5-3-7(9)6(2)8(10)4-5;1-6-3-4-7(2)8(9)5-6;5*1-7-3-5-8(2)6-4-7;;;;;;;/h3-4H,1-2H3;3-5H,1-2H3;2*7-8H,3-6H2,1-2H3;3,8H,4-6H2,1-2H3;3,5,7-8H,4,6H2,1-2H3;3-6H,1-2H3;7*1H4. The van der Waals surface area contributed by atoms with Gasteiger partial charge < -0.3 is 0 Å². The topological polar surface area (TPSA) is 0 Å². The van der Waals surface area contributed by atoms with Crippen molar-refractivity contribution in [1.29, 1.82) is 0 Å². The zero-order chi connectivity index (χ0) is 44.5. The maximum Gasteiger partial charge on any atom is 0.129 e. The molecule has 3 aromatic carbocycles. The molecule has 0 nitrogen and oxygen atoms in total. The molecular weight excluding hydrogens is 814 g/mol. The summed E-state index contributed by atoms with van der Waals surface area (Å²) in [5, 5.41) is 0. The van der Waals surface area contributed by atoms with Crippen LogP contribution in [0.3, 0.4) is 0 Å². The largest absolute Gasteiger partial charge is 0.207 e. The number of halogens is 3. The van der Waals surface area contributed by atoms with E-state index in [1.165, 1.54) is 120 Å². The lowest BCUT2D eigenvalue weighted by Crippen LogP contribution is -2.08. The van der Waals surface area contributed by atoms with Gasteiger partial charge in [-0.1, -0.05) is 223 Å². The van der Waals surface area contributed by atoms with Gasteiger partial charge >= 0.3 is 0 Å². The summed E-state index contributed by atoms with van der Waals surface area (Å²) in [6, 6.07) is 16.3. The zero-order valence-electron chi connectivity index (χ0n) is 40.3. The molecule has 0 heterocycles. The SMILES string of the molecule is C.C.C.C.C.C.C.CC1=CCC(C)CC1.CC1C=CC(C)CC1.CC1CCC(C)CC1.CC1CCC(C)CC1.Cc1cc(F)c(C)c(F)c1.Cc1ccc(C)c(F)c1.Cc1ccc(C)cc1. The van der Waals surface area contributed by atoms with Crippen LogP contribution < -0.4 is 0 Å². The third kappa shape index (κ3) is 38.0. The van der Waals surface area contributed by atoms with Crippen molar-refractivity contribution >= 4 is 0 Å². The van der Waals surface area contributed by atoms with Gasteiger partial charge in [0.1, 0.15) is 17.5 Å². The summed E-state index contributed by atoms with van der Waals surface area (Å²) in [4.78, 5) is 0. The Bertz CT molecular complexity index is 1500. The monoisotopic (exact) mass is 929 g/mol. The summed E-state index contributed by atoms with van der Waals surface area (Å²) >= 11 is 0. The Labute approximate surface area is 414 Å². The lowest BCUT2D eigenvalue weighted by molar-refractivity contribution is 0.308.